The van der Waals surface area contributed by atoms with Gasteiger partial charge in [-0.2, -0.15) is 0 Å². The number of imidazole rings is 1. The minimum Gasteiger partial charge on any atom is -0.336 e. The quantitative estimate of drug-likeness (QED) is 0.762. The lowest BCUT2D eigenvalue weighted by molar-refractivity contribution is 0.0170. The highest BCUT2D eigenvalue weighted by atomic mass is 32.2. The van der Waals surface area contributed by atoms with Crippen LogP contribution in [0.1, 0.15) is 13.8 Å². The van der Waals surface area contributed by atoms with Crippen LogP contribution in [0, 0.1) is 5.92 Å². The van der Waals surface area contributed by atoms with Crippen molar-refractivity contribution in [2.24, 2.45) is 11.7 Å². The zero-order valence-corrected chi connectivity index (χ0v) is 11.6. The van der Waals surface area contributed by atoms with Gasteiger partial charge in [-0.25, -0.2) is 26.9 Å². The van der Waals surface area contributed by atoms with Gasteiger partial charge in [0, 0.05) is 12.7 Å². The molecule has 0 saturated heterocycles. The van der Waals surface area contributed by atoms with E-state index in [0.717, 1.165) is 0 Å². The predicted octanol–water partition coefficient (Wildman–Crippen LogP) is 0.411. The second-order valence-electron chi connectivity index (χ2n) is 4.69. The molecule has 0 unspecified atom stereocenters. The normalized spacial score (nSPS) is 13.2. The SMILES string of the molecule is CC(C)Cn1cnc(S(=O)(=O)NCC(F)(F)CN)c1. The van der Waals surface area contributed by atoms with E-state index < -0.39 is 29.0 Å². The minimum atomic E-state index is -4.04. The molecule has 1 aromatic heterocycles. The molecule has 0 saturated carbocycles. The molecule has 1 rings (SSSR count). The molecule has 0 spiro atoms. The van der Waals surface area contributed by atoms with Crippen LogP contribution in [-0.2, 0) is 16.6 Å². The number of nitrogens with one attached hydrogen (secondary N) is 1. The van der Waals surface area contributed by atoms with E-state index in [1.807, 2.05) is 13.8 Å². The smallest absolute Gasteiger partial charge is 0.273 e. The largest absolute Gasteiger partial charge is 0.336 e. The maximum absolute atomic E-state index is 12.9. The molecule has 6 nitrogen and oxygen atoms in total. The lowest BCUT2D eigenvalue weighted by atomic mass is 10.2. The molecule has 0 bridgehead atoms. The van der Waals surface area contributed by atoms with Crippen LogP contribution < -0.4 is 10.5 Å². The van der Waals surface area contributed by atoms with Gasteiger partial charge >= 0.3 is 0 Å². The van der Waals surface area contributed by atoms with Crippen molar-refractivity contribution in [1.82, 2.24) is 14.3 Å². The first kappa shape index (κ1) is 16.0. The molecule has 0 fully saturated rings. The fraction of sp³-hybridized carbons (Fsp3) is 0.700. The second kappa shape index (κ2) is 5.93. The Morgan fingerprint density at radius 2 is 2.16 bits per heavy atom. The zero-order chi connectivity index (χ0) is 14.7. The summed E-state index contributed by atoms with van der Waals surface area (Å²) < 4.78 is 52.7. The molecule has 3 N–H and O–H groups in total. The summed E-state index contributed by atoms with van der Waals surface area (Å²) in [7, 11) is -4.04. The van der Waals surface area contributed by atoms with Crippen LogP contribution in [0.15, 0.2) is 17.6 Å². The summed E-state index contributed by atoms with van der Waals surface area (Å²) in [6.45, 7) is 2.57. The summed E-state index contributed by atoms with van der Waals surface area (Å²) in [5, 5.41) is -0.277. The number of nitrogens with zero attached hydrogens (tertiary/aromatic N) is 2. The number of alkyl halides is 2. The Morgan fingerprint density at radius 1 is 1.53 bits per heavy atom. The third-order valence-corrected chi connectivity index (χ3v) is 3.57. The molecule has 9 heteroatoms. The third kappa shape index (κ3) is 4.84. The van der Waals surface area contributed by atoms with Crippen LogP contribution in [0.25, 0.3) is 0 Å². The lowest BCUT2D eigenvalue weighted by Crippen LogP contribution is -2.41. The summed E-state index contributed by atoms with van der Waals surface area (Å²) >= 11 is 0. The summed E-state index contributed by atoms with van der Waals surface area (Å²) in [4.78, 5) is 3.70. The highest BCUT2D eigenvalue weighted by Gasteiger charge is 2.30. The Morgan fingerprint density at radius 3 is 2.68 bits per heavy atom. The van der Waals surface area contributed by atoms with E-state index in [1.165, 1.54) is 12.5 Å². The Bertz CT molecular complexity index is 513. The highest BCUT2D eigenvalue weighted by molar-refractivity contribution is 7.89. The topological polar surface area (TPSA) is 90.0 Å². The Kier molecular flexibility index (Phi) is 4.99. The van der Waals surface area contributed by atoms with E-state index in [9.17, 15) is 17.2 Å². The van der Waals surface area contributed by atoms with Crippen LogP contribution in [-0.4, -0.2) is 37.0 Å². The van der Waals surface area contributed by atoms with Crippen LogP contribution >= 0.6 is 0 Å². The first-order valence-electron chi connectivity index (χ1n) is 5.75. The lowest BCUT2D eigenvalue weighted by Gasteiger charge is -2.13. The van der Waals surface area contributed by atoms with Gasteiger partial charge in [-0.3, -0.25) is 0 Å². The second-order valence-corrected chi connectivity index (χ2v) is 6.40. The molecule has 0 amide bonds. The van der Waals surface area contributed by atoms with Crippen molar-refractivity contribution in [3.05, 3.63) is 12.5 Å². The van der Waals surface area contributed by atoms with Crippen molar-refractivity contribution in [2.45, 2.75) is 31.3 Å². The average Bonchev–Trinajstić information content (AvgIpc) is 2.75. The van der Waals surface area contributed by atoms with Crippen LogP contribution in [0.5, 0.6) is 0 Å². The van der Waals surface area contributed by atoms with Gasteiger partial charge in [0.2, 0.25) is 0 Å². The highest BCUT2D eigenvalue weighted by Crippen LogP contribution is 2.12. The molecule has 19 heavy (non-hydrogen) atoms. The van der Waals surface area contributed by atoms with E-state index in [-0.39, 0.29) is 5.03 Å². The Balaban J connectivity index is 2.75. The van der Waals surface area contributed by atoms with E-state index in [4.69, 9.17) is 5.73 Å². The summed E-state index contributed by atoms with van der Waals surface area (Å²) in [6, 6.07) is 0. The van der Waals surface area contributed by atoms with Crippen molar-refractivity contribution < 1.29 is 17.2 Å². The van der Waals surface area contributed by atoms with Crippen LogP contribution in [0.2, 0.25) is 0 Å². The van der Waals surface area contributed by atoms with E-state index in [1.54, 1.807) is 9.29 Å². The van der Waals surface area contributed by atoms with Crippen molar-refractivity contribution in [3.63, 3.8) is 0 Å². The first-order chi connectivity index (χ1) is 8.66. The number of rotatable bonds is 7. The van der Waals surface area contributed by atoms with E-state index >= 15 is 0 Å². The number of nitrogens with two attached hydrogens (primary N) is 1. The molecule has 1 heterocycles. The molecule has 0 atom stereocenters. The fourth-order valence-corrected chi connectivity index (χ4v) is 2.36. The maximum Gasteiger partial charge on any atom is 0.273 e. The monoisotopic (exact) mass is 296 g/mol. The summed E-state index contributed by atoms with van der Waals surface area (Å²) in [5.74, 6) is -2.95. The number of hydrogen-bond acceptors (Lipinski definition) is 4. The minimum absolute atomic E-state index is 0.277. The first-order valence-corrected chi connectivity index (χ1v) is 7.24. The van der Waals surface area contributed by atoms with Crippen molar-refractivity contribution in [1.29, 1.82) is 0 Å². The predicted molar refractivity (Wildman–Crippen MR) is 66.3 cm³/mol. The molecule has 0 aromatic carbocycles. The average molecular weight is 296 g/mol. The molecular weight excluding hydrogens is 278 g/mol. The zero-order valence-electron chi connectivity index (χ0n) is 10.8. The molecule has 0 aliphatic heterocycles. The van der Waals surface area contributed by atoms with Gasteiger partial charge in [0.05, 0.1) is 19.4 Å². The molecule has 0 radical (unpaired) electrons. The molecule has 110 valence electrons. The van der Waals surface area contributed by atoms with Gasteiger partial charge in [0.25, 0.3) is 15.9 Å². The van der Waals surface area contributed by atoms with E-state index in [2.05, 4.69) is 4.98 Å². The Labute approximate surface area is 111 Å². The van der Waals surface area contributed by atoms with Crippen molar-refractivity contribution in [3.8, 4) is 0 Å². The fourth-order valence-electron chi connectivity index (χ4n) is 1.35. The van der Waals surface area contributed by atoms with Crippen molar-refractivity contribution >= 4 is 10.0 Å². The number of halogens is 2. The number of sulfonamides is 1. The van der Waals surface area contributed by atoms with Gasteiger partial charge < -0.3 is 10.3 Å². The van der Waals surface area contributed by atoms with Gasteiger partial charge in [0.1, 0.15) is 0 Å². The standard InChI is InChI=1S/C10H18F2N4O2S/c1-8(2)3-16-4-9(14-7-16)19(17,18)15-6-10(11,12)5-13/h4,7-8,15H,3,5-6,13H2,1-2H3. The summed E-state index contributed by atoms with van der Waals surface area (Å²) in [5.41, 5.74) is 4.83. The van der Waals surface area contributed by atoms with Crippen molar-refractivity contribution in [2.75, 3.05) is 13.1 Å². The molecular formula is C10H18F2N4O2S. The number of hydrogen-bond donors (Lipinski definition) is 2. The van der Waals surface area contributed by atoms with E-state index in [0.29, 0.717) is 12.5 Å². The maximum atomic E-state index is 12.9. The molecule has 0 aliphatic rings. The number of aromatic nitrogens is 2. The third-order valence-electron chi connectivity index (χ3n) is 2.28. The molecule has 1 aromatic rings. The summed E-state index contributed by atoms with van der Waals surface area (Å²) in [6.07, 6.45) is 2.67. The van der Waals surface area contributed by atoms with Gasteiger partial charge in [0.15, 0.2) is 5.03 Å². The Hall–Kier alpha value is -1.06. The van der Waals surface area contributed by atoms with Gasteiger partial charge in [-0.1, -0.05) is 13.8 Å². The van der Waals surface area contributed by atoms with Crippen LogP contribution in [0.3, 0.4) is 0 Å². The molecule has 0 aliphatic carbocycles. The van der Waals surface area contributed by atoms with Gasteiger partial charge in [-0.15, -0.1) is 0 Å². The van der Waals surface area contributed by atoms with Crippen LogP contribution in [0.4, 0.5) is 8.78 Å². The van der Waals surface area contributed by atoms with Gasteiger partial charge in [-0.05, 0) is 5.92 Å².